The van der Waals surface area contributed by atoms with Crippen LogP contribution < -0.4 is 15.4 Å². The van der Waals surface area contributed by atoms with Gasteiger partial charge in [-0.15, -0.1) is 12.4 Å². The third kappa shape index (κ3) is 5.04. The Kier molecular flexibility index (Phi) is 7.09. The van der Waals surface area contributed by atoms with Crippen LogP contribution in [0.15, 0.2) is 53.4 Å². The van der Waals surface area contributed by atoms with Gasteiger partial charge in [-0.05, 0) is 56.0 Å². The lowest BCUT2D eigenvalue weighted by Crippen LogP contribution is -2.38. The van der Waals surface area contributed by atoms with Gasteiger partial charge in [-0.25, -0.2) is 8.42 Å². The Hall–Kier alpha value is -2.09. The Labute approximate surface area is 172 Å². The highest BCUT2D eigenvalue weighted by molar-refractivity contribution is 7.92. The second kappa shape index (κ2) is 8.94. The first-order valence-corrected chi connectivity index (χ1v) is 10.4. The fourth-order valence-corrected chi connectivity index (χ4v) is 4.09. The van der Waals surface area contributed by atoms with E-state index in [9.17, 15) is 13.2 Å². The molecule has 1 fully saturated rings. The molecule has 6 nitrogen and oxygen atoms in total. The molecule has 0 radical (unpaired) electrons. The van der Waals surface area contributed by atoms with E-state index in [0.717, 1.165) is 18.4 Å². The number of nitrogens with two attached hydrogens (primary N) is 1. The number of carbonyl (C=O) groups is 1. The number of anilines is 1. The average molecular weight is 424 g/mol. The summed E-state index contributed by atoms with van der Waals surface area (Å²) in [5, 5.41) is 2.79. The third-order valence-electron chi connectivity index (χ3n) is 4.88. The number of nitrogens with zero attached hydrogens (tertiary/aromatic N) is 1. The van der Waals surface area contributed by atoms with Crippen LogP contribution in [0.25, 0.3) is 0 Å². The van der Waals surface area contributed by atoms with Crippen molar-refractivity contribution < 1.29 is 13.2 Å². The van der Waals surface area contributed by atoms with Crippen molar-refractivity contribution in [2.75, 3.05) is 17.9 Å². The van der Waals surface area contributed by atoms with Crippen LogP contribution in [-0.2, 0) is 10.0 Å². The summed E-state index contributed by atoms with van der Waals surface area (Å²) < 4.78 is 27.1. The normalized spacial score (nSPS) is 14.7. The van der Waals surface area contributed by atoms with E-state index < -0.39 is 10.0 Å². The summed E-state index contributed by atoms with van der Waals surface area (Å²) in [5.74, 6) is 0.168. The predicted octanol–water partition coefficient (Wildman–Crippen LogP) is 2.71. The molecular weight excluding hydrogens is 398 g/mol. The number of hydrogen-bond acceptors (Lipinski definition) is 4. The van der Waals surface area contributed by atoms with Crippen molar-refractivity contribution in [2.45, 2.75) is 30.7 Å². The van der Waals surface area contributed by atoms with Crippen LogP contribution in [0.5, 0.6) is 0 Å². The molecule has 8 heteroatoms. The van der Waals surface area contributed by atoms with E-state index in [0.29, 0.717) is 23.7 Å². The Balaban J connectivity index is 0.00000280. The van der Waals surface area contributed by atoms with Crippen molar-refractivity contribution in [3.05, 3.63) is 59.7 Å². The molecule has 0 aliphatic heterocycles. The molecule has 0 aromatic heterocycles. The first-order valence-electron chi connectivity index (χ1n) is 8.98. The van der Waals surface area contributed by atoms with Crippen LogP contribution in [0.2, 0.25) is 0 Å². The van der Waals surface area contributed by atoms with Gasteiger partial charge in [0, 0.05) is 25.2 Å². The molecule has 3 rings (SSSR count). The average Bonchev–Trinajstić information content (AvgIpc) is 3.51. The number of aryl methyl sites for hydroxylation is 1. The summed E-state index contributed by atoms with van der Waals surface area (Å²) in [6.45, 7) is 2.33. The lowest BCUT2D eigenvalue weighted by Gasteiger charge is -2.20. The van der Waals surface area contributed by atoms with Crippen LogP contribution in [0.3, 0.4) is 0 Å². The molecule has 28 heavy (non-hydrogen) atoms. The lowest BCUT2D eigenvalue weighted by atomic mass is 10.2. The summed E-state index contributed by atoms with van der Waals surface area (Å²) in [5.41, 5.74) is 7.91. The number of nitrogens with one attached hydrogen (secondary N) is 1. The summed E-state index contributed by atoms with van der Waals surface area (Å²) in [6.07, 6.45) is 2.21. The molecule has 0 saturated heterocycles. The highest BCUT2D eigenvalue weighted by Gasteiger charge is 2.28. The Bertz CT molecular complexity index is 928. The van der Waals surface area contributed by atoms with Gasteiger partial charge in [0.05, 0.1) is 10.6 Å². The molecule has 2 aromatic rings. The number of sulfonamides is 1. The van der Waals surface area contributed by atoms with Gasteiger partial charge in [0.2, 0.25) is 0 Å². The van der Waals surface area contributed by atoms with Crippen molar-refractivity contribution in [3.63, 3.8) is 0 Å². The van der Waals surface area contributed by atoms with Gasteiger partial charge in [-0.2, -0.15) is 0 Å². The Morgan fingerprint density at radius 2 is 1.86 bits per heavy atom. The molecule has 0 spiro atoms. The van der Waals surface area contributed by atoms with Crippen molar-refractivity contribution in [2.24, 2.45) is 11.7 Å². The van der Waals surface area contributed by atoms with Crippen LogP contribution in [0.1, 0.15) is 28.8 Å². The Morgan fingerprint density at radius 3 is 2.46 bits per heavy atom. The number of hydrogen-bond donors (Lipinski definition) is 2. The van der Waals surface area contributed by atoms with Crippen molar-refractivity contribution in [1.82, 2.24) is 5.32 Å². The monoisotopic (exact) mass is 423 g/mol. The Morgan fingerprint density at radius 1 is 1.21 bits per heavy atom. The molecular formula is C20H26ClN3O3S. The predicted molar refractivity (Wildman–Crippen MR) is 113 cm³/mol. The van der Waals surface area contributed by atoms with Gasteiger partial charge in [-0.1, -0.05) is 23.8 Å². The zero-order chi connectivity index (χ0) is 19.6. The van der Waals surface area contributed by atoms with Crippen molar-refractivity contribution >= 4 is 34.0 Å². The maximum atomic E-state index is 12.9. The molecule has 1 atom stereocenters. The molecule has 1 saturated carbocycles. The molecule has 1 unspecified atom stereocenters. The van der Waals surface area contributed by atoms with Gasteiger partial charge in [0.1, 0.15) is 0 Å². The SMILES string of the molecule is Cc1ccc(N(C)S(=O)(=O)c2cccc(C(=O)NCC(N)C3CC3)c2)cc1.Cl. The highest BCUT2D eigenvalue weighted by atomic mass is 35.5. The van der Waals surface area contributed by atoms with Crippen molar-refractivity contribution in [3.8, 4) is 0 Å². The summed E-state index contributed by atoms with van der Waals surface area (Å²) in [4.78, 5) is 12.4. The van der Waals surface area contributed by atoms with Crippen LogP contribution in [0, 0.1) is 12.8 Å². The topological polar surface area (TPSA) is 92.5 Å². The van der Waals surface area contributed by atoms with Crippen LogP contribution >= 0.6 is 12.4 Å². The van der Waals surface area contributed by atoms with Gasteiger partial charge >= 0.3 is 0 Å². The van der Waals surface area contributed by atoms with E-state index in [4.69, 9.17) is 5.73 Å². The van der Waals surface area contributed by atoms with E-state index in [-0.39, 0.29) is 29.3 Å². The zero-order valence-corrected chi connectivity index (χ0v) is 17.6. The molecule has 2 aromatic carbocycles. The van der Waals surface area contributed by atoms with Gasteiger partial charge < -0.3 is 11.1 Å². The van der Waals surface area contributed by atoms with Gasteiger partial charge in [0.25, 0.3) is 15.9 Å². The molecule has 3 N–H and O–H groups in total. The summed E-state index contributed by atoms with van der Waals surface area (Å²) in [6, 6.07) is 13.2. The third-order valence-corrected chi connectivity index (χ3v) is 6.66. The minimum absolute atomic E-state index is 0. The van der Waals surface area contributed by atoms with E-state index in [1.54, 1.807) is 24.3 Å². The summed E-state index contributed by atoms with van der Waals surface area (Å²) >= 11 is 0. The lowest BCUT2D eigenvalue weighted by molar-refractivity contribution is 0.0950. The van der Waals surface area contributed by atoms with Gasteiger partial charge in [-0.3, -0.25) is 9.10 Å². The summed E-state index contributed by atoms with van der Waals surface area (Å²) in [7, 11) is -2.27. The largest absolute Gasteiger partial charge is 0.350 e. The molecule has 152 valence electrons. The number of benzene rings is 2. The standard InChI is InChI=1S/C20H25N3O3S.ClH/c1-14-6-10-17(11-7-14)23(2)27(25,26)18-5-3-4-16(12-18)20(24)22-13-19(21)15-8-9-15;/h3-7,10-12,15,19H,8-9,13,21H2,1-2H3,(H,22,24);1H. The first kappa shape index (κ1) is 22.2. The fraction of sp³-hybridized carbons (Fsp3) is 0.350. The van der Waals surface area contributed by atoms with E-state index in [1.165, 1.54) is 23.5 Å². The second-order valence-electron chi connectivity index (χ2n) is 7.05. The maximum Gasteiger partial charge on any atom is 0.264 e. The van der Waals surface area contributed by atoms with Crippen LogP contribution in [-0.4, -0.2) is 34.0 Å². The number of amides is 1. The molecule has 1 amide bonds. The minimum Gasteiger partial charge on any atom is -0.350 e. The first-order chi connectivity index (χ1) is 12.8. The quantitative estimate of drug-likeness (QED) is 0.716. The fourth-order valence-electron chi connectivity index (χ4n) is 2.85. The molecule has 0 bridgehead atoms. The maximum absolute atomic E-state index is 12.9. The number of carbonyl (C=O) groups excluding carboxylic acids is 1. The highest BCUT2D eigenvalue weighted by Crippen LogP contribution is 2.31. The molecule has 1 aliphatic rings. The second-order valence-corrected chi connectivity index (χ2v) is 9.02. The van der Waals surface area contributed by atoms with Crippen LogP contribution in [0.4, 0.5) is 5.69 Å². The smallest absolute Gasteiger partial charge is 0.264 e. The van der Waals surface area contributed by atoms with E-state index in [1.807, 2.05) is 19.1 Å². The van der Waals surface area contributed by atoms with Crippen molar-refractivity contribution in [1.29, 1.82) is 0 Å². The molecule has 1 aliphatic carbocycles. The van der Waals surface area contributed by atoms with E-state index >= 15 is 0 Å². The number of halogens is 1. The number of rotatable bonds is 7. The minimum atomic E-state index is -3.77. The van der Waals surface area contributed by atoms with E-state index in [2.05, 4.69) is 5.32 Å². The molecule has 0 heterocycles. The van der Waals surface area contributed by atoms with Gasteiger partial charge in [0.15, 0.2) is 0 Å². The zero-order valence-electron chi connectivity index (χ0n) is 16.0.